The Kier molecular flexibility index (Phi) is 5.52. The number of rotatable bonds is 5. The summed E-state index contributed by atoms with van der Waals surface area (Å²) in [5.41, 5.74) is -1.01. The Labute approximate surface area is 200 Å². The number of nitrogens with one attached hydrogen (secondary N) is 1. The smallest absolute Gasteiger partial charge is 0.357 e. The molecule has 0 aromatic carbocycles. The van der Waals surface area contributed by atoms with Gasteiger partial charge in [-0.05, 0) is 33.3 Å². The monoisotopic (exact) mass is 487 g/mol. The molecule has 0 saturated carbocycles. The summed E-state index contributed by atoms with van der Waals surface area (Å²) in [6.07, 6.45) is 1.89. The van der Waals surface area contributed by atoms with Crippen LogP contribution in [0, 0.1) is 5.82 Å². The number of hydrogen-bond donors (Lipinski definition) is 2. The lowest BCUT2D eigenvalue weighted by molar-refractivity contribution is -0.141. The van der Waals surface area contributed by atoms with Crippen molar-refractivity contribution in [1.82, 2.24) is 9.97 Å². The minimum Gasteiger partial charge on any atom is -0.491 e. The van der Waals surface area contributed by atoms with Crippen LogP contribution in [-0.4, -0.2) is 70.8 Å². The highest BCUT2D eigenvalue weighted by atomic mass is 19.1. The highest BCUT2D eigenvalue weighted by Crippen LogP contribution is 2.45. The lowest BCUT2D eigenvalue weighted by atomic mass is 9.97. The van der Waals surface area contributed by atoms with Crippen LogP contribution in [0.15, 0.2) is 24.4 Å². The van der Waals surface area contributed by atoms with Crippen LogP contribution >= 0.6 is 0 Å². The van der Waals surface area contributed by atoms with Gasteiger partial charge in [-0.2, -0.15) is 0 Å². The molecule has 2 atom stereocenters. The highest BCUT2D eigenvalue weighted by molar-refractivity contribution is 6.05. The van der Waals surface area contributed by atoms with Gasteiger partial charge in [0.05, 0.1) is 17.8 Å². The predicted molar refractivity (Wildman–Crippen MR) is 123 cm³/mol. The quantitative estimate of drug-likeness (QED) is 0.655. The maximum Gasteiger partial charge on any atom is 0.357 e. The minimum atomic E-state index is -1.50. The Balaban J connectivity index is 1.36. The van der Waals surface area contributed by atoms with Crippen molar-refractivity contribution in [3.8, 4) is 5.75 Å². The van der Waals surface area contributed by atoms with Crippen molar-refractivity contribution < 1.29 is 33.3 Å². The molecule has 11 nitrogen and oxygen atoms in total. The first-order valence-electron chi connectivity index (χ1n) is 11.3. The van der Waals surface area contributed by atoms with E-state index >= 15 is 0 Å². The number of aromatic nitrogens is 2. The first-order valence-corrected chi connectivity index (χ1v) is 11.3. The number of anilines is 3. The summed E-state index contributed by atoms with van der Waals surface area (Å²) < 4.78 is 31.4. The summed E-state index contributed by atoms with van der Waals surface area (Å²) in [4.78, 5) is 36.5. The second kappa shape index (κ2) is 8.31. The molecule has 5 rings (SSSR count). The van der Waals surface area contributed by atoms with E-state index in [1.165, 1.54) is 11.1 Å². The first-order chi connectivity index (χ1) is 16.5. The van der Waals surface area contributed by atoms with Crippen LogP contribution in [0.3, 0.4) is 0 Å². The maximum atomic E-state index is 14.4. The van der Waals surface area contributed by atoms with Gasteiger partial charge < -0.3 is 24.2 Å². The lowest BCUT2D eigenvalue weighted by Crippen LogP contribution is -2.56. The number of carboxylic acid groups (broad SMARTS) is 1. The summed E-state index contributed by atoms with van der Waals surface area (Å²) in [5.74, 6) is -2.29. The molecule has 186 valence electrons. The molecule has 2 bridgehead atoms. The van der Waals surface area contributed by atoms with Crippen molar-refractivity contribution in [3.05, 3.63) is 35.9 Å². The molecule has 0 aliphatic carbocycles. The zero-order valence-electron chi connectivity index (χ0n) is 19.6. The van der Waals surface area contributed by atoms with Crippen molar-refractivity contribution in [2.24, 2.45) is 0 Å². The van der Waals surface area contributed by atoms with Gasteiger partial charge in [-0.15, -0.1) is 0 Å². The molecule has 3 aliphatic heterocycles. The van der Waals surface area contributed by atoms with E-state index in [0.29, 0.717) is 37.6 Å². The number of halogens is 1. The number of ether oxygens (including phenoxy) is 3. The van der Waals surface area contributed by atoms with Gasteiger partial charge in [-0.25, -0.2) is 23.9 Å². The van der Waals surface area contributed by atoms with Crippen LogP contribution in [0.1, 0.15) is 37.7 Å². The number of pyridine rings is 2. The number of carbonyl (C=O) groups excluding carboxylic acids is 1. The normalized spacial score (nSPS) is 24.3. The Morgan fingerprint density at radius 1 is 1.34 bits per heavy atom. The number of nitrogens with zero attached hydrogens (tertiary/aromatic N) is 4. The van der Waals surface area contributed by atoms with Gasteiger partial charge in [0.2, 0.25) is 0 Å². The molecule has 0 unspecified atom stereocenters. The average Bonchev–Trinajstić information content (AvgIpc) is 3.32. The molecular formula is C23H26FN5O6. The molecule has 0 radical (unpaired) electrons. The van der Waals surface area contributed by atoms with Crippen LogP contribution < -0.4 is 19.9 Å². The first kappa shape index (κ1) is 23.2. The van der Waals surface area contributed by atoms with Crippen molar-refractivity contribution >= 4 is 29.3 Å². The Hall–Kier alpha value is -3.51. The third-order valence-electron chi connectivity index (χ3n) is 6.36. The summed E-state index contributed by atoms with van der Waals surface area (Å²) in [5, 5.41) is 12.1. The SMILES string of the molecule is CC1(C)OC[C@H](COc2ccnc(NC(=O)N3c4nc(C(=O)O)c(F)cc4N4CC[C@@]3(C)C4)c2)O1. The molecule has 3 aliphatic rings. The fraction of sp³-hybridized carbons (Fsp3) is 0.478. The standard InChI is InChI=1S/C23H26FN5O6/c1-22(2)34-11-14(35-22)10-33-13-4-6-25-17(8-13)26-21(32)29-19-16(28-7-5-23(29,3)12-28)9-15(24)18(27-19)20(30)31/h4,6,8-9,14H,5,7,10-12H2,1-3H3,(H,30,31)(H,25,26,32)/t14-,23-/m0/s1. The molecule has 2 aromatic heterocycles. The molecule has 2 amide bonds. The number of amides is 2. The number of carboxylic acids is 1. The number of hydrogen-bond acceptors (Lipinski definition) is 8. The molecule has 2 fully saturated rings. The van der Waals surface area contributed by atoms with Gasteiger partial charge >= 0.3 is 12.0 Å². The summed E-state index contributed by atoms with van der Waals surface area (Å²) in [6.45, 7) is 7.29. The van der Waals surface area contributed by atoms with E-state index in [0.717, 1.165) is 6.07 Å². The number of carbonyl (C=O) groups is 2. The zero-order chi connectivity index (χ0) is 25.0. The van der Waals surface area contributed by atoms with Gasteiger partial charge in [0.25, 0.3) is 0 Å². The largest absolute Gasteiger partial charge is 0.491 e. The van der Waals surface area contributed by atoms with E-state index in [1.54, 1.807) is 12.1 Å². The van der Waals surface area contributed by atoms with Gasteiger partial charge in [-0.3, -0.25) is 10.2 Å². The van der Waals surface area contributed by atoms with Crippen LogP contribution in [0.2, 0.25) is 0 Å². The molecular weight excluding hydrogens is 461 g/mol. The Bertz CT molecular complexity index is 1190. The van der Waals surface area contributed by atoms with Crippen LogP contribution in [0.25, 0.3) is 0 Å². The predicted octanol–water partition coefficient (Wildman–Crippen LogP) is 2.87. The lowest BCUT2D eigenvalue weighted by Gasteiger charge is -2.42. The summed E-state index contributed by atoms with van der Waals surface area (Å²) in [6, 6.07) is 3.81. The van der Waals surface area contributed by atoms with E-state index < -0.39 is 34.8 Å². The number of aromatic carboxylic acids is 1. The summed E-state index contributed by atoms with van der Waals surface area (Å²) in [7, 11) is 0. The van der Waals surface area contributed by atoms with Crippen molar-refractivity contribution in [3.63, 3.8) is 0 Å². The molecule has 2 N–H and O–H groups in total. The third-order valence-corrected chi connectivity index (χ3v) is 6.36. The molecule has 35 heavy (non-hydrogen) atoms. The molecule has 12 heteroatoms. The molecule has 0 spiro atoms. The van der Waals surface area contributed by atoms with Crippen molar-refractivity contribution in [2.75, 3.05) is 41.4 Å². The van der Waals surface area contributed by atoms with Crippen molar-refractivity contribution in [2.45, 2.75) is 44.6 Å². The van der Waals surface area contributed by atoms with Gasteiger partial charge in [0.1, 0.15) is 24.3 Å². The highest BCUT2D eigenvalue weighted by Gasteiger charge is 2.49. The van der Waals surface area contributed by atoms with E-state index in [1.807, 2.05) is 25.7 Å². The molecule has 2 aromatic rings. The van der Waals surface area contributed by atoms with Gasteiger partial charge in [0, 0.05) is 31.4 Å². The fourth-order valence-electron chi connectivity index (χ4n) is 4.72. The average molecular weight is 487 g/mol. The third kappa shape index (κ3) is 4.34. The van der Waals surface area contributed by atoms with E-state index in [2.05, 4.69) is 15.3 Å². The fourth-order valence-corrected chi connectivity index (χ4v) is 4.72. The van der Waals surface area contributed by atoms with Gasteiger partial charge in [-0.1, -0.05) is 0 Å². The van der Waals surface area contributed by atoms with Gasteiger partial charge in [0.15, 0.2) is 23.1 Å². The molecule has 5 heterocycles. The maximum absolute atomic E-state index is 14.4. The van der Waals surface area contributed by atoms with Crippen LogP contribution in [0.5, 0.6) is 5.75 Å². The topological polar surface area (TPSA) is 126 Å². The van der Waals surface area contributed by atoms with Crippen molar-refractivity contribution in [1.29, 1.82) is 0 Å². The number of urea groups is 1. The summed E-state index contributed by atoms with van der Waals surface area (Å²) >= 11 is 0. The second-order valence-electron chi connectivity index (χ2n) is 9.54. The van der Waals surface area contributed by atoms with E-state index in [4.69, 9.17) is 14.2 Å². The Morgan fingerprint density at radius 3 is 2.86 bits per heavy atom. The van der Waals surface area contributed by atoms with E-state index in [9.17, 15) is 19.1 Å². The Morgan fingerprint density at radius 2 is 2.14 bits per heavy atom. The van der Waals surface area contributed by atoms with Crippen LogP contribution in [0.4, 0.5) is 26.5 Å². The number of fused-ring (bicyclic) bond motifs is 4. The second-order valence-corrected chi connectivity index (χ2v) is 9.54. The zero-order valence-corrected chi connectivity index (χ0v) is 19.6. The van der Waals surface area contributed by atoms with E-state index in [-0.39, 0.29) is 24.3 Å². The molecule has 2 saturated heterocycles. The van der Waals surface area contributed by atoms with Crippen LogP contribution in [-0.2, 0) is 9.47 Å². The minimum absolute atomic E-state index is 0.0981.